The molecule has 2 N–H and O–H groups in total. The summed E-state index contributed by atoms with van der Waals surface area (Å²) in [5.74, 6) is 2.10. The standard InChI is InChI=1S/C9H12N4/c1(2-8-10-4-5-11-8)3-9-12-6-7-13-9/h4-7H,1-3H2,(H,10,11)(H,12,13). The molecule has 68 valence electrons. The van der Waals surface area contributed by atoms with E-state index in [0.717, 1.165) is 30.9 Å². The second-order valence-electron chi connectivity index (χ2n) is 2.93. The Morgan fingerprint density at radius 2 is 1.46 bits per heavy atom. The molecule has 0 fully saturated rings. The molecule has 2 aromatic rings. The molecular weight excluding hydrogens is 164 g/mol. The van der Waals surface area contributed by atoms with Gasteiger partial charge in [0.2, 0.25) is 0 Å². The number of aryl methyl sites for hydroxylation is 2. The van der Waals surface area contributed by atoms with Crippen molar-refractivity contribution in [2.75, 3.05) is 0 Å². The van der Waals surface area contributed by atoms with Gasteiger partial charge in [-0.1, -0.05) is 0 Å². The highest BCUT2D eigenvalue weighted by molar-refractivity contribution is 4.90. The molecule has 0 saturated carbocycles. The molecule has 0 bridgehead atoms. The number of nitrogens with one attached hydrogen (secondary N) is 2. The van der Waals surface area contributed by atoms with E-state index in [1.807, 2.05) is 12.4 Å². The van der Waals surface area contributed by atoms with Crippen molar-refractivity contribution in [3.63, 3.8) is 0 Å². The predicted molar refractivity (Wildman–Crippen MR) is 49.2 cm³/mol. The van der Waals surface area contributed by atoms with Crippen LogP contribution in [0.25, 0.3) is 0 Å². The number of nitrogens with zero attached hydrogens (tertiary/aromatic N) is 2. The first-order chi connectivity index (χ1) is 6.45. The third-order valence-electron chi connectivity index (χ3n) is 1.94. The molecule has 0 aliphatic carbocycles. The maximum absolute atomic E-state index is 4.15. The van der Waals surface area contributed by atoms with Crippen LogP contribution in [0.1, 0.15) is 18.1 Å². The minimum atomic E-state index is 0.980. The number of imidazole rings is 2. The highest BCUT2D eigenvalue weighted by Gasteiger charge is 1.97. The van der Waals surface area contributed by atoms with E-state index in [1.165, 1.54) is 0 Å². The van der Waals surface area contributed by atoms with E-state index >= 15 is 0 Å². The molecule has 4 heteroatoms. The molecule has 0 unspecified atom stereocenters. The fourth-order valence-corrected chi connectivity index (χ4v) is 1.29. The average molecular weight is 176 g/mol. The molecule has 0 aromatic carbocycles. The van der Waals surface area contributed by atoms with Crippen LogP contribution in [-0.2, 0) is 12.8 Å². The van der Waals surface area contributed by atoms with E-state index in [4.69, 9.17) is 0 Å². The van der Waals surface area contributed by atoms with Gasteiger partial charge >= 0.3 is 0 Å². The van der Waals surface area contributed by atoms with Crippen molar-refractivity contribution >= 4 is 0 Å². The van der Waals surface area contributed by atoms with Crippen molar-refractivity contribution in [1.29, 1.82) is 0 Å². The van der Waals surface area contributed by atoms with Crippen molar-refractivity contribution < 1.29 is 0 Å². The van der Waals surface area contributed by atoms with Gasteiger partial charge in [-0.25, -0.2) is 9.97 Å². The van der Waals surface area contributed by atoms with Gasteiger partial charge in [0.05, 0.1) is 0 Å². The predicted octanol–water partition coefficient (Wildman–Crippen LogP) is 1.31. The van der Waals surface area contributed by atoms with Crippen LogP contribution in [0.4, 0.5) is 0 Å². The lowest BCUT2D eigenvalue weighted by atomic mass is 10.2. The van der Waals surface area contributed by atoms with Crippen LogP contribution < -0.4 is 0 Å². The summed E-state index contributed by atoms with van der Waals surface area (Å²) in [6.07, 6.45) is 10.3. The highest BCUT2D eigenvalue weighted by Crippen LogP contribution is 2.00. The van der Waals surface area contributed by atoms with E-state index in [2.05, 4.69) is 19.9 Å². The maximum atomic E-state index is 4.15. The van der Waals surface area contributed by atoms with E-state index < -0.39 is 0 Å². The second kappa shape index (κ2) is 3.89. The van der Waals surface area contributed by atoms with Crippen LogP contribution >= 0.6 is 0 Å². The van der Waals surface area contributed by atoms with Gasteiger partial charge in [-0.3, -0.25) is 0 Å². The molecule has 0 amide bonds. The fourth-order valence-electron chi connectivity index (χ4n) is 1.29. The molecule has 0 radical (unpaired) electrons. The second-order valence-corrected chi connectivity index (χ2v) is 2.93. The van der Waals surface area contributed by atoms with Crippen LogP contribution in [-0.4, -0.2) is 19.9 Å². The molecule has 2 rings (SSSR count). The lowest BCUT2D eigenvalue weighted by Gasteiger charge is -1.95. The maximum Gasteiger partial charge on any atom is 0.106 e. The Bertz CT molecular complexity index is 288. The van der Waals surface area contributed by atoms with Gasteiger partial charge in [-0.05, 0) is 6.42 Å². The first kappa shape index (κ1) is 8.04. The van der Waals surface area contributed by atoms with Gasteiger partial charge in [0, 0.05) is 37.6 Å². The molecule has 2 aromatic heterocycles. The zero-order valence-corrected chi connectivity index (χ0v) is 7.33. The largest absolute Gasteiger partial charge is 0.349 e. The number of H-pyrrole nitrogens is 2. The zero-order chi connectivity index (χ0) is 8.93. The lowest BCUT2D eigenvalue weighted by Crippen LogP contribution is -1.93. The Morgan fingerprint density at radius 1 is 0.923 bits per heavy atom. The molecule has 0 spiro atoms. The van der Waals surface area contributed by atoms with E-state index in [-0.39, 0.29) is 0 Å². The minimum Gasteiger partial charge on any atom is -0.349 e. The molecule has 0 atom stereocenters. The quantitative estimate of drug-likeness (QED) is 0.737. The van der Waals surface area contributed by atoms with Crippen LogP contribution in [0.2, 0.25) is 0 Å². The highest BCUT2D eigenvalue weighted by atomic mass is 14.9. The Balaban J connectivity index is 1.76. The van der Waals surface area contributed by atoms with E-state index in [9.17, 15) is 0 Å². The number of hydrogen-bond donors (Lipinski definition) is 2. The van der Waals surface area contributed by atoms with Crippen LogP contribution in [0, 0.1) is 0 Å². The number of aromatic amines is 2. The summed E-state index contributed by atoms with van der Waals surface area (Å²) in [5.41, 5.74) is 0. The van der Waals surface area contributed by atoms with Gasteiger partial charge in [-0.15, -0.1) is 0 Å². The summed E-state index contributed by atoms with van der Waals surface area (Å²) in [4.78, 5) is 14.4. The third-order valence-corrected chi connectivity index (χ3v) is 1.94. The number of aromatic nitrogens is 4. The summed E-state index contributed by atoms with van der Waals surface area (Å²) in [5, 5.41) is 0. The van der Waals surface area contributed by atoms with Crippen molar-refractivity contribution in [3.8, 4) is 0 Å². The first-order valence-electron chi connectivity index (χ1n) is 4.41. The Labute approximate surface area is 76.4 Å². The van der Waals surface area contributed by atoms with E-state index in [0.29, 0.717) is 0 Å². The van der Waals surface area contributed by atoms with Crippen LogP contribution in [0.5, 0.6) is 0 Å². The lowest BCUT2D eigenvalue weighted by molar-refractivity contribution is 0.755. The smallest absolute Gasteiger partial charge is 0.106 e. The first-order valence-corrected chi connectivity index (χ1v) is 4.41. The SMILES string of the molecule is c1c[nH]c(CCCc2ncc[nH]2)n1. The van der Waals surface area contributed by atoms with Gasteiger partial charge in [0.25, 0.3) is 0 Å². The van der Waals surface area contributed by atoms with Gasteiger partial charge in [0.1, 0.15) is 11.6 Å². The molecule has 0 aliphatic heterocycles. The van der Waals surface area contributed by atoms with Crippen molar-refractivity contribution in [1.82, 2.24) is 19.9 Å². The number of hydrogen-bond acceptors (Lipinski definition) is 2. The molecule has 2 heterocycles. The average Bonchev–Trinajstić information content (AvgIpc) is 2.75. The summed E-state index contributed by atoms with van der Waals surface area (Å²) < 4.78 is 0. The fraction of sp³-hybridized carbons (Fsp3) is 0.333. The number of rotatable bonds is 4. The van der Waals surface area contributed by atoms with Crippen LogP contribution in [0.15, 0.2) is 24.8 Å². The Kier molecular flexibility index (Phi) is 2.40. The van der Waals surface area contributed by atoms with Gasteiger partial charge < -0.3 is 9.97 Å². The van der Waals surface area contributed by atoms with Gasteiger partial charge in [0.15, 0.2) is 0 Å². The summed E-state index contributed by atoms with van der Waals surface area (Å²) >= 11 is 0. The zero-order valence-electron chi connectivity index (χ0n) is 7.33. The summed E-state index contributed by atoms with van der Waals surface area (Å²) in [6.45, 7) is 0. The van der Waals surface area contributed by atoms with E-state index in [1.54, 1.807) is 12.4 Å². The molecule has 4 nitrogen and oxygen atoms in total. The van der Waals surface area contributed by atoms with Crippen molar-refractivity contribution in [2.45, 2.75) is 19.3 Å². The molecule has 0 aliphatic rings. The summed E-state index contributed by atoms with van der Waals surface area (Å²) in [7, 11) is 0. The molecule has 0 saturated heterocycles. The molecule has 13 heavy (non-hydrogen) atoms. The normalized spacial score (nSPS) is 10.5. The Morgan fingerprint density at radius 3 is 1.85 bits per heavy atom. The topological polar surface area (TPSA) is 57.4 Å². The van der Waals surface area contributed by atoms with Crippen LogP contribution in [0.3, 0.4) is 0 Å². The minimum absolute atomic E-state index is 0.980. The van der Waals surface area contributed by atoms with Crippen molar-refractivity contribution in [2.24, 2.45) is 0 Å². The molecular formula is C9H12N4. The van der Waals surface area contributed by atoms with Gasteiger partial charge in [-0.2, -0.15) is 0 Å². The van der Waals surface area contributed by atoms with Crippen molar-refractivity contribution in [3.05, 3.63) is 36.4 Å². The Hall–Kier alpha value is -1.58. The summed E-state index contributed by atoms with van der Waals surface area (Å²) in [6, 6.07) is 0. The third kappa shape index (κ3) is 2.18. The monoisotopic (exact) mass is 176 g/mol.